The minimum absolute atomic E-state index is 0.0532. The van der Waals surface area contributed by atoms with E-state index in [1.807, 2.05) is 48.9 Å². The second-order valence-electron chi connectivity index (χ2n) is 9.53. The SMILES string of the molecule is Cc1cc(Nc2cc3cc(Br)ccn3n2)nc(CCCCCC2C(=O)CC/C2=C\Oc2cnn(C)c2Br)n1. The average Bonchev–Trinajstić information content (AvgIpc) is 3.54. The predicted molar refractivity (Wildman–Crippen MR) is 152 cm³/mol. The summed E-state index contributed by atoms with van der Waals surface area (Å²) in [6.07, 6.45) is 11.2. The molecule has 1 saturated carbocycles. The van der Waals surface area contributed by atoms with Crippen molar-refractivity contribution in [2.45, 2.75) is 51.9 Å². The Hall–Kier alpha value is -3.05. The van der Waals surface area contributed by atoms with Gasteiger partial charge in [0.2, 0.25) is 0 Å². The summed E-state index contributed by atoms with van der Waals surface area (Å²) in [6.45, 7) is 1.98. The Labute approximate surface area is 238 Å². The Morgan fingerprint density at radius 3 is 2.82 bits per heavy atom. The second kappa shape index (κ2) is 11.8. The van der Waals surface area contributed by atoms with Gasteiger partial charge in [-0.3, -0.25) is 9.48 Å². The molecule has 4 heterocycles. The third kappa shape index (κ3) is 6.32. The van der Waals surface area contributed by atoms with E-state index in [1.54, 1.807) is 17.1 Å². The summed E-state index contributed by atoms with van der Waals surface area (Å²) >= 11 is 6.95. The third-order valence-electron chi connectivity index (χ3n) is 6.64. The Bertz CT molecular complexity index is 1490. The minimum Gasteiger partial charge on any atom is -0.460 e. The zero-order valence-corrected chi connectivity index (χ0v) is 24.5. The molecular weight excluding hydrogens is 614 g/mol. The van der Waals surface area contributed by atoms with E-state index in [0.717, 1.165) is 81.8 Å². The molecule has 4 aromatic heterocycles. The van der Waals surface area contributed by atoms with Gasteiger partial charge in [0.25, 0.3) is 0 Å². The van der Waals surface area contributed by atoms with Crippen molar-refractivity contribution in [3.05, 3.63) is 69.1 Å². The number of hydrogen-bond donors (Lipinski definition) is 1. The number of halogens is 2. The van der Waals surface area contributed by atoms with Crippen LogP contribution in [0.3, 0.4) is 0 Å². The van der Waals surface area contributed by atoms with E-state index in [-0.39, 0.29) is 5.92 Å². The molecule has 4 aromatic rings. The van der Waals surface area contributed by atoms with Gasteiger partial charge < -0.3 is 10.1 Å². The molecule has 9 nitrogen and oxygen atoms in total. The molecule has 1 unspecified atom stereocenters. The maximum Gasteiger partial charge on any atom is 0.178 e. The molecule has 0 amide bonds. The number of aromatic nitrogens is 6. The summed E-state index contributed by atoms with van der Waals surface area (Å²) in [5, 5.41) is 12.0. The van der Waals surface area contributed by atoms with Crippen molar-refractivity contribution in [1.29, 1.82) is 0 Å². The van der Waals surface area contributed by atoms with Gasteiger partial charge in [0.15, 0.2) is 11.6 Å². The number of nitrogens with zero attached hydrogens (tertiary/aromatic N) is 6. The van der Waals surface area contributed by atoms with Crippen LogP contribution in [0.1, 0.15) is 50.0 Å². The van der Waals surface area contributed by atoms with E-state index < -0.39 is 0 Å². The molecule has 1 fully saturated rings. The summed E-state index contributed by atoms with van der Waals surface area (Å²) < 4.78 is 11.1. The number of allylic oxidation sites excluding steroid dienone is 1. The minimum atomic E-state index is -0.0532. The summed E-state index contributed by atoms with van der Waals surface area (Å²) in [6, 6.07) is 7.87. The van der Waals surface area contributed by atoms with Crippen LogP contribution in [-0.2, 0) is 18.3 Å². The number of aryl methyl sites for hydroxylation is 3. The summed E-state index contributed by atoms with van der Waals surface area (Å²) in [5.41, 5.74) is 2.97. The lowest BCUT2D eigenvalue weighted by Gasteiger charge is -2.11. The Kier molecular flexibility index (Phi) is 8.23. The number of Topliss-reactive ketones (excluding diaryl/α,β-unsaturated/α-hetero) is 1. The van der Waals surface area contributed by atoms with E-state index in [4.69, 9.17) is 9.72 Å². The largest absolute Gasteiger partial charge is 0.460 e. The first-order chi connectivity index (χ1) is 18.4. The fourth-order valence-corrected chi connectivity index (χ4v) is 5.34. The Balaban J connectivity index is 1.12. The Morgan fingerprint density at radius 1 is 1.13 bits per heavy atom. The standard InChI is InChI=1S/C27H29Br2N7O2/c1-17-12-25(33-26-14-20-13-19(28)10-11-36(20)34-26)32-24(31-17)7-5-3-4-6-21-18(8-9-22(21)37)16-38-23-15-30-35(2)27(23)29/h10-16,21H,3-9H2,1-2H3,(H,31,32,33,34)/b18-16+. The van der Waals surface area contributed by atoms with E-state index in [1.165, 1.54) is 0 Å². The van der Waals surface area contributed by atoms with Crippen molar-refractivity contribution >= 4 is 54.8 Å². The van der Waals surface area contributed by atoms with Crippen molar-refractivity contribution in [2.24, 2.45) is 13.0 Å². The Morgan fingerprint density at radius 2 is 2.00 bits per heavy atom. The molecule has 1 atom stereocenters. The molecular formula is C27H29Br2N7O2. The molecule has 1 N–H and O–H groups in total. The number of fused-ring (bicyclic) bond motifs is 1. The molecule has 198 valence electrons. The van der Waals surface area contributed by atoms with Crippen LogP contribution >= 0.6 is 31.9 Å². The first-order valence-corrected chi connectivity index (χ1v) is 14.3. The number of nitrogens with one attached hydrogen (secondary N) is 1. The first-order valence-electron chi connectivity index (χ1n) is 12.7. The summed E-state index contributed by atoms with van der Waals surface area (Å²) in [4.78, 5) is 21.8. The van der Waals surface area contributed by atoms with Crippen molar-refractivity contribution < 1.29 is 9.53 Å². The maximum atomic E-state index is 12.5. The molecule has 0 aliphatic heterocycles. The molecule has 11 heteroatoms. The maximum absolute atomic E-state index is 12.5. The number of ketones is 1. The van der Waals surface area contributed by atoms with Crippen LogP contribution < -0.4 is 10.1 Å². The highest BCUT2D eigenvalue weighted by molar-refractivity contribution is 9.10. The zero-order chi connectivity index (χ0) is 26.6. The molecule has 0 aromatic carbocycles. The molecule has 5 rings (SSSR count). The fourth-order valence-electron chi connectivity index (χ4n) is 4.70. The second-order valence-corrected chi connectivity index (χ2v) is 11.2. The molecule has 0 spiro atoms. The summed E-state index contributed by atoms with van der Waals surface area (Å²) in [5.74, 6) is 3.19. The van der Waals surface area contributed by atoms with Gasteiger partial charge in [0.05, 0.1) is 18.0 Å². The van der Waals surface area contributed by atoms with Gasteiger partial charge in [0, 0.05) is 54.3 Å². The van der Waals surface area contributed by atoms with E-state index in [0.29, 0.717) is 18.0 Å². The van der Waals surface area contributed by atoms with Gasteiger partial charge in [-0.15, -0.1) is 0 Å². The van der Waals surface area contributed by atoms with Gasteiger partial charge in [-0.25, -0.2) is 14.5 Å². The lowest BCUT2D eigenvalue weighted by atomic mass is 9.95. The van der Waals surface area contributed by atoms with E-state index in [9.17, 15) is 4.79 Å². The normalized spacial score (nSPS) is 16.6. The number of anilines is 2. The van der Waals surface area contributed by atoms with Crippen LogP contribution in [-0.4, -0.2) is 35.1 Å². The van der Waals surface area contributed by atoms with Gasteiger partial charge in [-0.2, -0.15) is 10.2 Å². The van der Waals surface area contributed by atoms with Crippen LogP contribution in [0.15, 0.2) is 57.6 Å². The van der Waals surface area contributed by atoms with Gasteiger partial charge in [-0.05, 0) is 59.8 Å². The number of carbonyl (C=O) groups is 1. The average molecular weight is 643 g/mol. The number of rotatable bonds is 10. The van der Waals surface area contributed by atoms with Crippen molar-refractivity contribution in [1.82, 2.24) is 29.4 Å². The highest BCUT2D eigenvalue weighted by atomic mass is 79.9. The number of pyridine rings is 1. The van der Waals surface area contributed by atoms with Gasteiger partial charge in [0.1, 0.15) is 22.0 Å². The topological polar surface area (TPSA) is 99.2 Å². The number of carbonyl (C=O) groups excluding carboxylic acids is 1. The third-order valence-corrected chi connectivity index (χ3v) is 8.04. The monoisotopic (exact) mass is 641 g/mol. The number of ether oxygens (including phenoxy) is 1. The lowest BCUT2D eigenvalue weighted by Crippen LogP contribution is -2.09. The number of hydrogen-bond acceptors (Lipinski definition) is 7. The summed E-state index contributed by atoms with van der Waals surface area (Å²) in [7, 11) is 1.84. The lowest BCUT2D eigenvalue weighted by molar-refractivity contribution is -0.120. The van der Waals surface area contributed by atoms with Crippen LogP contribution in [0.25, 0.3) is 5.52 Å². The predicted octanol–water partition coefficient (Wildman–Crippen LogP) is 6.48. The van der Waals surface area contributed by atoms with Gasteiger partial charge in [-0.1, -0.05) is 28.8 Å². The van der Waals surface area contributed by atoms with Crippen LogP contribution in [0.5, 0.6) is 5.75 Å². The van der Waals surface area contributed by atoms with Crippen LogP contribution in [0, 0.1) is 12.8 Å². The quantitative estimate of drug-likeness (QED) is 0.156. The van der Waals surface area contributed by atoms with Crippen LogP contribution in [0.4, 0.5) is 11.6 Å². The van der Waals surface area contributed by atoms with Crippen LogP contribution in [0.2, 0.25) is 0 Å². The molecule has 1 aliphatic rings. The smallest absolute Gasteiger partial charge is 0.178 e. The van der Waals surface area contributed by atoms with E-state index in [2.05, 4.69) is 52.4 Å². The number of unbranched alkanes of at least 4 members (excludes halogenated alkanes) is 2. The van der Waals surface area contributed by atoms with Crippen molar-refractivity contribution in [3.8, 4) is 5.75 Å². The fraction of sp³-hybridized carbons (Fsp3) is 0.370. The van der Waals surface area contributed by atoms with Crippen molar-refractivity contribution in [3.63, 3.8) is 0 Å². The van der Waals surface area contributed by atoms with E-state index >= 15 is 0 Å². The molecule has 0 bridgehead atoms. The van der Waals surface area contributed by atoms with Crippen molar-refractivity contribution in [2.75, 3.05) is 5.32 Å². The molecule has 38 heavy (non-hydrogen) atoms. The first kappa shape index (κ1) is 26.6. The van der Waals surface area contributed by atoms with Gasteiger partial charge >= 0.3 is 0 Å². The molecule has 0 saturated heterocycles. The highest BCUT2D eigenvalue weighted by Crippen LogP contribution is 2.33. The molecule has 1 aliphatic carbocycles. The zero-order valence-electron chi connectivity index (χ0n) is 21.3. The molecule has 0 radical (unpaired) electrons. The highest BCUT2D eigenvalue weighted by Gasteiger charge is 2.29.